The van der Waals surface area contributed by atoms with E-state index in [4.69, 9.17) is 17.3 Å². The molecule has 4 heteroatoms. The first kappa shape index (κ1) is 15.3. The van der Waals surface area contributed by atoms with Gasteiger partial charge in [0.15, 0.2) is 0 Å². The van der Waals surface area contributed by atoms with E-state index < -0.39 is 6.10 Å². The molecule has 19 heavy (non-hydrogen) atoms. The number of hydrogen-bond donors (Lipinski definition) is 2. The third-order valence-corrected chi connectivity index (χ3v) is 5.93. The Hall–Kier alpha value is -0.0900. The van der Waals surface area contributed by atoms with Gasteiger partial charge in [0, 0.05) is 16.8 Å². The number of nitrogens with two attached hydrogens (primary N) is 1. The van der Waals surface area contributed by atoms with E-state index in [0.717, 1.165) is 28.0 Å². The summed E-state index contributed by atoms with van der Waals surface area (Å²) >= 11 is 7.45. The Kier molecular flexibility index (Phi) is 5.29. The van der Waals surface area contributed by atoms with Gasteiger partial charge < -0.3 is 10.8 Å². The van der Waals surface area contributed by atoms with Gasteiger partial charge in [-0.05, 0) is 43.7 Å². The van der Waals surface area contributed by atoms with E-state index in [1.54, 1.807) is 0 Å². The zero-order valence-corrected chi connectivity index (χ0v) is 13.1. The van der Waals surface area contributed by atoms with Gasteiger partial charge in [-0.3, -0.25) is 0 Å². The second-order valence-corrected chi connectivity index (χ2v) is 7.59. The highest BCUT2D eigenvalue weighted by Crippen LogP contribution is 2.49. The molecule has 1 fully saturated rings. The fourth-order valence-electron chi connectivity index (χ4n) is 3.32. The zero-order valence-electron chi connectivity index (χ0n) is 11.6. The van der Waals surface area contributed by atoms with E-state index in [-0.39, 0.29) is 5.41 Å². The van der Waals surface area contributed by atoms with Gasteiger partial charge in [0.05, 0.1) is 10.4 Å². The summed E-state index contributed by atoms with van der Waals surface area (Å²) in [4.78, 5) is 0.962. The Morgan fingerprint density at radius 2 is 2.16 bits per heavy atom. The van der Waals surface area contributed by atoms with Crippen molar-refractivity contribution in [3.8, 4) is 0 Å². The van der Waals surface area contributed by atoms with Crippen molar-refractivity contribution >= 4 is 22.9 Å². The molecule has 0 spiro atoms. The molecule has 2 rings (SSSR count). The van der Waals surface area contributed by atoms with Crippen LogP contribution in [0.2, 0.25) is 4.34 Å². The molecule has 0 amide bonds. The standard InChI is InChI=1S/C15H24ClNOS/c1-2-3-11-6-8-15(10-17,9-7-11)14(18)12-4-5-13(16)19-12/h4-5,11,14,18H,2-3,6-10,17H2,1H3. The molecule has 108 valence electrons. The van der Waals surface area contributed by atoms with E-state index in [9.17, 15) is 5.11 Å². The third kappa shape index (κ3) is 3.33. The second kappa shape index (κ2) is 6.57. The van der Waals surface area contributed by atoms with Crippen molar-refractivity contribution in [2.45, 2.75) is 51.6 Å². The monoisotopic (exact) mass is 301 g/mol. The van der Waals surface area contributed by atoms with E-state index >= 15 is 0 Å². The fourth-order valence-corrected chi connectivity index (χ4v) is 4.50. The molecule has 1 heterocycles. The first-order valence-corrected chi connectivity index (χ1v) is 8.44. The second-order valence-electron chi connectivity index (χ2n) is 5.84. The predicted molar refractivity (Wildman–Crippen MR) is 82.6 cm³/mol. The summed E-state index contributed by atoms with van der Waals surface area (Å²) in [5.41, 5.74) is 5.87. The van der Waals surface area contributed by atoms with Gasteiger partial charge in [0.25, 0.3) is 0 Å². The maximum absolute atomic E-state index is 10.7. The average molecular weight is 302 g/mol. The molecular formula is C15H24ClNOS. The van der Waals surface area contributed by atoms with Gasteiger partial charge >= 0.3 is 0 Å². The molecule has 1 saturated carbocycles. The van der Waals surface area contributed by atoms with E-state index in [0.29, 0.717) is 6.54 Å². The molecule has 0 saturated heterocycles. The summed E-state index contributed by atoms with van der Waals surface area (Å²) in [6, 6.07) is 3.80. The third-order valence-electron chi connectivity index (χ3n) is 4.65. The molecule has 0 radical (unpaired) electrons. The van der Waals surface area contributed by atoms with Crippen LogP contribution in [-0.4, -0.2) is 11.7 Å². The van der Waals surface area contributed by atoms with Gasteiger partial charge in [0.2, 0.25) is 0 Å². The lowest BCUT2D eigenvalue weighted by molar-refractivity contribution is -0.00858. The van der Waals surface area contributed by atoms with Gasteiger partial charge in [-0.2, -0.15) is 0 Å². The highest BCUT2D eigenvalue weighted by atomic mass is 35.5. The summed E-state index contributed by atoms with van der Waals surface area (Å²) in [5, 5.41) is 10.7. The summed E-state index contributed by atoms with van der Waals surface area (Å²) in [5.74, 6) is 0.823. The number of thiophene rings is 1. The minimum absolute atomic E-state index is 0.140. The molecule has 1 aliphatic rings. The molecule has 1 unspecified atom stereocenters. The summed E-state index contributed by atoms with van der Waals surface area (Å²) in [6.07, 6.45) is 6.56. The lowest BCUT2D eigenvalue weighted by Crippen LogP contribution is -2.40. The molecular weight excluding hydrogens is 278 g/mol. The molecule has 1 aliphatic carbocycles. The maximum Gasteiger partial charge on any atom is 0.0950 e. The SMILES string of the molecule is CCCC1CCC(CN)(C(O)c2ccc(Cl)s2)CC1. The highest BCUT2D eigenvalue weighted by molar-refractivity contribution is 7.16. The van der Waals surface area contributed by atoms with Crippen LogP contribution in [0.15, 0.2) is 12.1 Å². The van der Waals surface area contributed by atoms with Crippen LogP contribution in [-0.2, 0) is 0 Å². The summed E-state index contributed by atoms with van der Waals surface area (Å²) < 4.78 is 0.737. The largest absolute Gasteiger partial charge is 0.387 e. The lowest BCUT2D eigenvalue weighted by atomic mass is 9.66. The normalized spacial score (nSPS) is 29.4. The van der Waals surface area contributed by atoms with E-state index in [2.05, 4.69) is 6.92 Å². The molecule has 0 aliphatic heterocycles. The Morgan fingerprint density at radius 1 is 1.47 bits per heavy atom. The molecule has 1 aromatic rings. The number of aliphatic hydroxyl groups excluding tert-OH is 1. The van der Waals surface area contributed by atoms with E-state index in [1.807, 2.05) is 12.1 Å². The summed E-state index contributed by atoms with van der Waals surface area (Å²) in [6.45, 7) is 2.80. The van der Waals surface area contributed by atoms with Crippen LogP contribution in [0.4, 0.5) is 0 Å². The van der Waals surface area contributed by atoms with Crippen molar-refractivity contribution in [2.75, 3.05) is 6.54 Å². The van der Waals surface area contributed by atoms with Crippen LogP contribution in [0.1, 0.15) is 56.4 Å². The van der Waals surface area contributed by atoms with Crippen LogP contribution < -0.4 is 5.73 Å². The average Bonchev–Trinajstić information content (AvgIpc) is 2.86. The first-order valence-electron chi connectivity index (χ1n) is 7.24. The van der Waals surface area contributed by atoms with Crippen LogP contribution in [0.25, 0.3) is 0 Å². The van der Waals surface area contributed by atoms with Crippen molar-refractivity contribution in [3.63, 3.8) is 0 Å². The van der Waals surface area contributed by atoms with Crippen molar-refractivity contribution in [3.05, 3.63) is 21.3 Å². The minimum atomic E-state index is -0.461. The van der Waals surface area contributed by atoms with Gasteiger partial charge in [-0.25, -0.2) is 0 Å². The van der Waals surface area contributed by atoms with Crippen molar-refractivity contribution in [1.29, 1.82) is 0 Å². The molecule has 1 aromatic heterocycles. The maximum atomic E-state index is 10.7. The minimum Gasteiger partial charge on any atom is -0.387 e. The van der Waals surface area contributed by atoms with Crippen LogP contribution in [0, 0.1) is 11.3 Å². The van der Waals surface area contributed by atoms with Gasteiger partial charge in [0.1, 0.15) is 0 Å². The topological polar surface area (TPSA) is 46.2 Å². The lowest BCUT2D eigenvalue weighted by Gasteiger charge is -2.42. The Morgan fingerprint density at radius 3 is 2.63 bits per heavy atom. The number of aliphatic hydroxyl groups is 1. The molecule has 3 N–H and O–H groups in total. The molecule has 2 nitrogen and oxygen atoms in total. The van der Waals surface area contributed by atoms with Gasteiger partial charge in [-0.15, -0.1) is 11.3 Å². The van der Waals surface area contributed by atoms with Crippen LogP contribution in [0.5, 0.6) is 0 Å². The Labute approximate surface area is 125 Å². The quantitative estimate of drug-likeness (QED) is 0.848. The van der Waals surface area contributed by atoms with Gasteiger partial charge in [-0.1, -0.05) is 31.4 Å². The number of halogens is 1. The van der Waals surface area contributed by atoms with E-state index in [1.165, 1.54) is 37.0 Å². The Bertz CT molecular complexity index is 399. The van der Waals surface area contributed by atoms with Crippen LogP contribution >= 0.6 is 22.9 Å². The number of rotatable bonds is 5. The van der Waals surface area contributed by atoms with Crippen molar-refractivity contribution < 1.29 is 5.11 Å². The van der Waals surface area contributed by atoms with Crippen molar-refractivity contribution in [2.24, 2.45) is 17.1 Å². The first-order chi connectivity index (χ1) is 9.11. The van der Waals surface area contributed by atoms with Crippen molar-refractivity contribution in [1.82, 2.24) is 0 Å². The predicted octanol–water partition coefficient (Wildman–Crippen LogP) is 4.37. The van der Waals surface area contributed by atoms with Crippen LogP contribution in [0.3, 0.4) is 0 Å². The molecule has 0 aromatic carbocycles. The number of hydrogen-bond acceptors (Lipinski definition) is 3. The molecule has 0 bridgehead atoms. The zero-order chi connectivity index (χ0) is 13.9. The molecule has 1 atom stereocenters. The Balaban J connectivity index is 2.07. The smallest absolute Gasteiger partial charge is 0.0950 e. The summed E-state index contributed by atoms with van der Waals surface area (Å²) in [7, 11) is 0. The highest BCUT2D eigenvalue weighted by Gasteiger charge is 2.41. The fraction of sp³-hybridized carbons (Fsp3) is 0.733.